The Labute approximate surface area is 101 Å². The Balaban J connectivity index is 2.68. The number of nitrogens with one attached hydrogen (secondary N) is 1. The topological polar surface area (TPSA) is 12.0 Å². The van der Waals surface area contributed by atoms with E-state index in [2.05, 4.69) is 27.9 Å². The van der Waals surface area contributed by atoms with E-state index in [1.165, 1.54) is 17.7 Å². The van der Waals surface area contributed by atoms with Crippen LogP contribution < -0.4 is 5.32 Å². The first-order valence-electron chi connectivity index (χ1n) is 4.08. The summed E-state index contributed by atoms with van der Waals surface area (Å²) in [5.74, 6) is -0.218. The molecule has 0 fully saturated rings. The van der Waals surface area contributed by atoms with Gasteiger partial charge in [-0.3, -0.25) is 0 Å². The molecular weight excluding hydrogens is 315 g/mol. The maximum atomic E-state index is 12.7. The molecule has 1 nitrogen and oxygen atoms in total. The van der Waals surface area contributed by atoms with Gasteiger partial charge in [0.15, 0.2) is 0 Å². The second-order valence-electron chi connectivity index (χ2n) is 2.93. The zero-order valence-electron chi connectivity index (χ0n) is 7.65. The van der Waals surface area contributed by atoms with E-state index in [1.54, 1.807) is 6.07 Å². The molecule has 1 rings (SSSR count). The van der Waals surface area contributed by atoms with Crippen LogP contribution in [0.3, 0.4) is 0 Å². The van der Waals surface area contributed by atoms with Gasteiger partial charge in [-0.1, -0.05) is 11.6 Å². The van der Waals surface area contributed by atoms with Crippen LogP contribution in [0.25, 0.3) is 0 Å². The van der Waals surface area contributed by atoms with Crippen molar-refractivity contribution < 1.29 is 4.39 Å². The van der Waals surface area contributed by atoms with Crippen LogP contribution in [0.1, 0.15) is 6.92 Å². The largest absolute Gasteiger partial charge is 0.380 e. The van der Waals surface area contributed by atoms with Crippen LogP contribution in [0, 0.1) is 9.39 Å². The van der Waals surface area contributed by atoms with Crippen molar-refractivity contribution in [1.82, 2.24) is 0 Å². The highest BCUT2D eigenvalue weighted by Crippen LogP contribution is 2.19. The van der Waals surface area contributed by atoms with Gasteiger partial charge in [0.1, 0.15) is 5.82 Å². The molecule has 1 N–H and O–H groups in total. The molecule has 1 aromatic rings. The predicted octanol–water partition coefficient (Wildman–Crippen LogP) is 3.98. The van der Waals surface area contributed by atoms with Crippen molar-refractivity contribution in [2.24, 2.45) is 0 Å². The third kappa shape index (κ3) is 3.46. The molecular formula is C10H10ClFIN. The van der Waals surface area contributed by atoms with Gasteiger partial charge in [-0.2, -0.15) is 0 Å². The predicted molar refractivity (Wildman–Crippen MR) is 67.2 cm³/mol. The summed E-state index contributed by atoms with van der Waals surface area (Å²) in [6.07, 6.45) is 0. The molecule has 0 heterocycles. The first-order valence-corrected chi connectivity index (χ1v) is 5.60. The summed E-state index contributed by atoms with van der Waals surface area (Å²) in [5, 5.41) is 3.16. The van der Waals surface area contributed by atoms with Crippen LogP contribution in [0.4, 0.5) is 10.1 Å². The highest BCUT2D eigenvalue weighted by atomic mass is 127. The molecule has 0 aliphatic rings. The van der Waals surface area contributed by atoms with Crippen LogP contribution in [0.5, 0.6) is 0 Å². The van der Waals surface area contributed by atoms with Crippen molar-refractivity contribution in [3.8, 4) is 0 Å². The molecule has 14 heavy (non-hydrogen) atoms. The number of rotatable bonds is 3. The van der Waals surface area contributed by atoms with Gasteiger partial charge in [-0.05, 0) is 53.3 Å². The van der Waals surface area contributed by atoms with Crippen LogP contribution in [-0.4, -0.2) is 6.54 Å². The molecule has 0 bridgehead atoms. The van der Waals surface area contributed by atoms with Gasteiger partial charge in [0.2, 0.25) is 0 Å². The van der Waals surface area contributed by atoms with E-state index in [9.17, 15) is 4.39 Å². The Morgan fingerprint density at radius 2 is 2.36 bits per heavy atom. The molecule has 4 heteroatoms. The highest BCUT2D eigenvalue weighted by molar-refractivity contribution is 14.1. The summed E-state index contributed by atoms with van der Waals surface area (Å²) in [4.78, 5) is 0. The fourth-order valence-corrected chi connectivity index (χ4v) is 1.65. The normalized spacial score (nSPS) is 11.6. The molecule has 0 unspecified atom stereocenters. The molecule has 0 atom stereocenters. The summed E-state index contributed by atoms with van der Waals surface area (Å²) in [6, 6.07) is 4.64. The number of halogens is 3. The standard InChI is InChI=1S/C10H10ClFIN/c1-7(5-11)6-14-10-3-2-8(12)4-9(10)13/h2-5,14H,6H2,1H3/b7-5-. The van der Waals surface area contributed by atoms with Crippen molar-refractivity contribution in [3.05, 3.63) is 38.7 Å². The number of anilines is 1. The third-order valence-corrected chi connectivity index (χ3v) is 2.94. The first-order chi connectivity index (χ1) is 6.63. The zero-order chi connectivity index (χ0) is 10.6. The summed E-state index contributed by atoms with van der Waals surface area (Å²) in [6.45, 7) is 2.60. The maximum absolute atomic E-state index is 12.7. The molecule has 0 spiro atoms. The van der Waals surface area contributed by atoms with E-state index in [0.29, 0.717) is 6.54 Å². The van der Waals surface area contributed by atoms with Gasteiger partial charge in [-0.15, -0.1) is 0 Å². The number of hydrogen-bond donors (Lipinski definition) is 1. The van der Waals surface area contributed by atoms with E-state index < -0.39 is 0 Å². The summed E-state index contributed by atoms with van der Waals surface area (Å²) < 4.78 is 13.6. The number of hydrogen-bond acceptors (Lipinski definition) is 1. The fourth-order valence-electron chi connectivity index (χ4n) is 0.906. The summed E-state index contributed by atoms with van der Waals surface area (Å²) in [5.41, 5.74) is 3.49. The van der Waals surface area contributed by atoms with Crippen molar-refractivity contribution in [3.63, 3.8) is 0 Å². The van der Waals surface area contributed by atoms with E-state index in [-0.39, 0.29) is 5.82 Å². The minimum absolute atomic E-state index is 0.218. The third-order valence-electron chi connectivity index (χ3n) is 1.68. The molecule has 0 radical (unpaired) electrons. The SMILES string of the molecule is C/C(=C/Cl)CNc1ccc(F)cc1I. The van der Waals surface area contributed by atoms with Crippen molar-refractivity contribution >= 4 is 39.9 Å². The molecule has 1 aromatic carbocycles. The molecule has 0 amide bonds. The van der Waals surface area contributed by atoms with Crippen LogP contribution in [0.15, 0.2) is 29.3 Å². The highest BCUT2D eigenvalue weighted by Gasteiger charge is 2.00. The van der Waals surface area contributed by atoms with Gasteiger partial charge in [0, 0.05) is 21.3 Å². The van der Waals surface area contributed by atoms with Gasteiger partial charge in [0.05, 0.1) is 0 Å². The number of benzene rings is 1. The Bertz CT molecular complexity index is 352. The average Bonchev–Trinajstić information content (AvgIpc) is 2.16. The quantitative estimate of drug-likeness (QED) is 0.829. The van der Waals surface area contributed by atoms with Crippen LogP contribution in [-0.2, 0) is 0 Å². The van der Waals surface area contributed by atoms with E-state index in [4.69, 9.17) is 11.6 Å². The van der Waals surface area contributed by atoms with Crippen molar-refractivity contribution in [1.29, 1.82) is 0 Å². The maximum Gasteiger partial charge on any atom is 0.124 e. The second kappa shape index (κ2) is 5.56. The van der Waals surface area contributed by atoms with Crippen molar-refractivity contribution in [2.45, 2.75) is 6.92 Å². The van der Waals surface area contributed by atoms with Gasteiger partial charge in [-0.25, -0.2) is 4.39 Å². The molecule has 0 saturated heterocycles. The fraction of sp³-hybridized carbons (Fsp3) is 0.200. The zero-order valence-corrected chi connectivity index (χ0v) is 10.6. The average molecular weight is 326 g/mol. The minimum atomic E-state index is -0.218. The van der Waals surface area contributed by atoms with E-state index >= 15 is 0 Å². The Morgan fingerprint density at radius 1 is 1.64 bits per heavy atom. The minimum Gasteiger partial charge on any atom is -0.380 e. The second-order valence-corrected chi connectivity index (χ2v) is 4.31. The molecule has 0 aliphatic heterocycles. The van der Waals surface area contributed by atoms with E-state index in [1.807, 2.05) is 6.92 Å². The lowest BCUT2D eigenvalue weighted by Gasteiger charge is -2.08. The molecule has 0 aromatic heterocycles. The van der Waals surface area contributed by atoms with Gasteiger partial charge < -0.3 is 5.32 Å². The van der Waals surface area contributed by atoms with Crippen LogP contribution >= 0.6 is 34.2 Å². The first kappa shape index (κ1) is 11.8. The van der Waals surface area contributed by atoms with E-state index in [0.717, 1.165) is 14.8 Å². The smallest absolute Gasteiger partial charge is 0.124 e. The summed E-state index contributed by atoms with van der Waals surface area (Å²) in [7, 11) is 0. The lowest BCUT2D eigenvalue weighted by atomic mass is 10.3. The van der Waals surface area contributed by atoms with Gasteiger partial charge >= 0.3 is 0 Å². The lowest BCUT2D eigenvalue weighted by Crippen LogP contribution is -2.03. The summed E-state index contributed by atoms with van der Waals surface area (Å²) >= 11 is 7.61. The molecule has 0 aliphatic carbocycles. The van der Waals surface area contributed by atoms with Gasteiger partial charge in [0.25, 0.3) is 0 Å². The van der Waals surface area contributed by atoms with Crippen molar-refractivity contribution in [2.75, 3.05) is 11.9 Å². The Kier molecular flexibility index (Phi) is 4.68. The Hall–Kier alpha value is -0.290. The Morgan fingerprint density at radius 3 is 2.93 bits per heavy atom. The van der Waals surface area contributed by atoms with Crippen LogP contribution in [0.2, 0.25) is 0 Å². The lowest BCUT2D eigenvalue weighted by molar-refractivity contribution is 0.627. The molecule has 76 valence electrons. The monoisotopic (exact) mass is 325 g/mol. The molecule has 0 saturated carbocycles.